The first-order chi connectivity index (χ1) is 8.24. The van der Waals surface area contributed by atoms with Crippen LogP contribution in [0.25, 0.3) is 0 Å². The normalized spacial score (nSPS) is 18.3. The van der Waals surface area contributed by atoms with Crippen LogP contribution in [0.3, 0.4) is 0 Å². The van der Waals surface area contributed by atoms with Crippen LogP contribution in [0.4, 0.5) is 0 Å². The number of hydrogen-bond donors (Lipinski definition) is 1. The molecule has 0 aliphatic heterocycles. The van der Waals surface area contributed by atoms with Gasteiger partial charge >= 0.3 is 0 Å². The first-order valence-corrected chi connectivity index (χ1v) is 6.78. The summed E-state index contributed by atoms with van der Waals surface area (Å²) < 4.78 is 0. The Morgan fingerprint density at radius 1 is 1.53 bits per heavy atom. The van der Waals surface area contributed by atoms with Crippen molar-refractivity contribution < 1.29 is 4.79 Å². The Labute approximate surface area is 105 Å². The predicted octanol–water partition coefficient (Wildman–Crippen LogP) is 2.03. The third kappa shape index (κ3) is 3.04. The van der Waals surface area contributed by atoms with Crippen molar-refractivity contribution in [1.82, 2.24) is 10.3 Å². The molecule has 0 bridgehead atoms. The molecular weight excluding hydrogens is 234 g/mol. The van der Waals surface area contributed by atoms with Crippen molar-refractivity contribution >= 4 is 17.2 Å². The third-order valence-electron chi connectivity index (χ3n) is 3.12. The van der Waals surface area contributed by atoms with E-state index >= 15 is 0 Å². The minimum absolute atomic E-state index is 0.0978. The van der Waals surface area contributed by atoms with Crippen molar-refractivity contribution in [2.45, 2.75) is 44.1 Å². The second-order valence-electron chi connectivity index (χ2n) is 4.46. The fraction of sp³-hybridized carbons (Fsp3) is 0.583. The van der Waals surface area contributed by atoms with Crippen LogP contribution in [0.1, 0.15) is 37.8 Å². The molecule has 0 spiro atoms. The van der Waals surface area contributed by atoms with Gasteiger partial charge in [0.15, 0.2) is 0 Å². The molecule has 1 amide bonds. The van der Waals surface area contributed by atoms with Crippen LogP contribution in [-0.4, -0.2) is 16.4 Å². The van der Waals surface area contributed by atoms with Crippen LogP contribution >= 0.6 is 11.3 Å². The van der Waals surface area contributed by atoms with E-state index in [1.165, 1.54) is 11.3 Å². The van der Waals surface area contributed by atoms with Crippen LogP contribution in [0.2, 0.25) is 0 Å². The number of nitrogens with zero attached hydrogens (tertiary/aromatic N) is 2. The molecule has 0 unspecified atom stereocenters. The number of amides is 1. The Morgan fingerprint density at radius 2 is 2.29 bits per heavy atom. The predicted molar refractivity (Wildman–Crippen MR) is 65.4 cm³/mol. The largest absolute Gasteiger partial charge is 0.337 e. The molecule has 0 aromatic carbocycles. The summed E-state index contributed by atoms with van der Waals surface area (Å²) >= 11 is 1.48. The lowest BCUT2D eigenvalue weighted by atomic mass is 9.83. The highest BCUT2D eigenvalue weighted by Gasteiger charge is 2.33. The molecule has 4 nitrogen and oxygen atoms in total. The minimum Gasteiger partial charge on any atom is -0.337 e. The van der Waals surface area contributed by atoms with E-state index in [2.05, 4.69) is 16.4 Å². The van der Waals surface area contributed by atoms with Crippen molar-refractivity contribution in [3.63, 3.8) is 0 Å². The van der Waals surface area contributed by atoms with Crippen LogP contribution in [-0.2, 0) is 11.2 Å². The fourth-order valence-electron chi connectivity index (χ4n) is 2.22. The molecule has 0 saturated heterocycles. The Bertz CT molecular complexity index is 415. The number of hydrogen-bond acceptors (Lipinski definition) is 4. The molecule has 1 aliphatic carbocycles. The van der Waals surface area contributed by atoms with Gasteiger partial charge in [0.25, 0.3) is 0 Å². The summed E-state index contributed by atoms with van der Waals surface area (Å²) in [5.74, 6) is -0.0978. The van der Waals surface area contributed by atoms with Gasteiger partial charge in [0.2, 0.25) is 5.91 Å². The van der Waals surface area contributed by atoms with Crippen LogP contribution in [0.5, 0.6) is 0 Å². The molecule has 1 fully saturated rings. The Hall–Kier alpha value is -1.41. The molecule has 0 radical (unpaired) electrons. The second-order valence-corrected chi connectivity index (χ2v) is 5.18. The zero-order chi connectivity index (χ0) is 12.1. The SMILES string of the molecule is N#CC1(NC(=O)Cc2cscn2)CCCCC1. The van der Waals surface area contributed by atoms with Gasteiger partial charge in [0.05, 0.1) is 23.7 Å². The summed E-state index contributed by atoms with van der Waals surface area (Å²) in [6, 6.07) is 2.28. The zero-order valence-electron chi connectivity index (χ0n) is 9.61. The third-order valence-corrected chi connectivity index (χ3v) is 3.76. The maximum atomic E-state index is 11.8. The van der Waals surface area contributed by atoms with Gasteiger partial charge in [0, 0.05) is 5.38 Å². The summed E-state index contributed by atoms with van der Waals surface area (Å²) in [6.45, 7) is 0. The van der Waals surface area contributed by atoms with E-state index in [1.807, 2.05) is 5.38 Å². The Morgan fingerprint density at radius 3 is 2.88 bits per heavy atom. The average molecular weight is 249 g/mol. The van der Waals surface area contributed by atoms with Crippen molar-refractivity contribution in [2.75, 3.05) is 0 Å². The lowest BCUT2D eigenvalue weighted by Crippen LogP contribution is -2.49. The van der Waals surface area contributed by atoms with Crippen molar-refractivity contribution in [2.24, 2.45) is 0 Å². The van der Waals surface area contributed by atoms with Crippen molar-refractivity contribution in [3.05, 3.63) is 16.6 Å². The second kappa shape index (κ2) is 5.28. The summed E-state index contributed by atoms with van der Waals surface area (Å²) in [4.78, 5) is 15.9. The fourth-order valence-corrected chi connectivity index (χ4v) is 2.78. The topological polar surface area (TPSA) is 65.8 Å². The average Bonchev–Trinajstić information content (AvgIpc) is 2.83. The summed E-state index contributed by atoms with van der Waals surface area (Å²) in [5.41, 5.74) is 1.85. The molecule has 1 aromatic rings. The van der Waals surface area contributed by atoms with E-state index in [0.29, 0.717) is 0 Å². The maximum Gasteiger partial charge on any atom is 0.227 e. The molecule has 2 rings (SSSR count). The monoisotopic (exact) mass is 249 g/mol. The first kappa shape index (κ1) is 12.1. The summed E-state index contributed by atoms with van der Waals surface area (Å²) in [5, 5.41) is 14.0. The van der Waals surface area contributed by atoms with Gasteiger partial charge in [-0.1, -0.05) is 19.3 Å². The number of rotatable bonds is 3. The molecule has 1 saturated carbocycles. The van der Waals surface area contributed by atoms with Crippen LogP contribution in [0.15, 0.2) is 10.9 Å². The van der Waals surface area contributed by atoms with Gasteiger partial charge in [-0.05, 0) is 12.8 Å². The molecule has 1 aromatic heterocycles. The number of nitrogens with one attached hydrogen (secondary N) is 1. The lowest BCUT2D eigenvalue weighted by Gasteiger charge is -2.31. The molecule has 1 N–H and O–H groups in total. The van der Waals surface area contributed by atoms with E-state index < -0.39 is 5.54 Å². The standard InChI is InChI=1S/C12H15N3OS/c13-8-12(4-2-1-3-5-12)15-11(16)6-10-7-17-9-14-10/h7,9H,1-6H2,(H,15,16). The van der Waals surface area contributed by atoms with E-state index in [9.17, 15) is 10.1 Å². The van der Waals surface area contributed by atoms with E-state index in [0.717, 1.165) is 37.8 Å². The van der Waals surface area contributed by atoms with Gasteiger partial charge in [-0.25, -0.2) is 4.98 Å². The summed E-state index contributed by atoms with van der Waals surface area (Å²) in [7, 11) is 0. The Kier molecular flexibility index (Phi) is 3.75. The molecule has 90 valence electrons. The van der Waals surface area contributed by atoms with Gasteiger partial charge in [-0.15, -0.1) is 11.3 Å². The Balaban J connectivity index is 1.94. The van der Waals surface area contributed by atoms with E-state index in [1.54, 1.807) is 5.51 Å². The van der Waals surface area contributed by atoms with E-state index in [-0.39, 0.29) is 12.3 Å². The maximum absolute atomic E-state index is 11.8. The highest BCUT2D eigenvalue weighted by Crippen LogP contribution is 2.27. The molecular formula is C12H15N3OS. The molecule has 1 heterocycles. The number of carbonyl (C=O) groups excluding carboxylic acids is 1. The van der Waals surface area contributed by atoms with E-state index in [4.69, 9.17) is 0 Å². The molecule has 17 heavy (non-hydrogen) atoms. The van der Waals surface area contributed by atoms with Crippen molar-refractivity contribution in [1.29, 1.82) is 5.26 Å². The highest BCUT2D eigenvalue weighted by atomic mass is 32.1. The molecule has 5 heteroatoms. The number of carbonyl (C=O) groups is 1. The van der Waals surface area contributed by atoms with Gasteiger partial charge < -0.3 is 5.32 Å². The van der Waals surface area contributed by atoms with Crippen molar-refractivity contribution in [3.8, 4) is 6.07 Å². The zero-order valence-corrected chi connectivity index (χ0v) is 10.4. The summed E-state index contributed by atoms with van der Waals surface area (Å²) in [6.07, 6.45) is 5.01. The molecule has 0 atom stereocenters. The van der Waals surface area contributed by atoms with Gasteiger partial charge in [0.1, 0.15) is 5.54 Å². The quantitative estimate of drug-likeness (QED) is 0.891. The number of aromatic nitrogens is 1. The first-order valence-electron chi connectivity index (χ1n) is 5.83. The molecule has 1 aliphatic rings. The minimum atomic E-state index is -0.634. The van der Waals surface area contributed by atoms with Crippen LogP contribution < -0.4 is 5.32 Å². The smallest absolute Gasteiger partial charge is 0.227 e. The van der Waals surface area contributed by atoms with Gasteiger partial charge in [-0.3, -0.25) is 4.79 Å². The number of thiazole rings is 1. The number of nitriles is 1. The lowest BCUT2D eigenvalue weighted by molar-refractivity contribution is -0.122. The van der Waals surface area contributed by atoms with Gasteiger partial charge in [-0.2, -0.15) is 5.26 Å². The highest BCUT2D eigenvalue weighted by molar-refractivity contribution is 7.07. The van der Waals surface area contributed by atoms with Crippen LogP contribution in [0, 0.1) is 11.3 Å².